The number of hydrogen-bond acceptors (Lipinski definition) is 7. The van der Waals surface area contributed by atoms with Crippen molar-refractivity contribution < 1.29 is 23.9 Å². The van der Waals surface area contributed by atoms with E-state index in [1.54, 1.807) is 22.0 Å². The number of nitrogens with one attached hydrogen (secondary N) is 1. The molecule has 1 aromatic heterocycles. The quantitative estimate of drug-likeness (QED) is 0.431. The molecule has 2 bridgehead atoms. The SMILES string of the molecule is CC1(C)C2[C@@H](OCC3CCCCC3)[C@@H](C(=O)N3CCC[C@H]3CN)NC(=O)[C@@H]3CN(C(=O)c4cnn(Cc5ccccc5)c4)CC34CN(C4)C(=O)[C@@H]21. The van der Waals surface area contributed by atoms with Gasteiger partial charge in [-0.3, -0.25) is 23.9 Å². The van der Waals surface area contributed by atoms with Gasteiger partial charge in [0.1, 0.15) is 6.04 Å². The molecule has 7 aliphatic rings. The van der Waals surface area contributed by atoms with Gasteiger partial charge in [-0.1, -0.05) is 63.4 Å². The summed E-state index contributed by atoms with van der Waals surface area (Å²) in [7, 11) is 0. The van der Waals surface area contributed by atoms with Crippen LogP contribution in [-0.2, 0) is 25.7 Å². The second-order valence-corrected chi connectivity index (χ2v) is 16.9. The van der Waals surface area contributed by atoms with Gasteiger partial charge in [0, 0.05) is 75.4 Å². The first-order chi connectivity index (χ1) is 24.6. The van der Waals surface area contributed by atoms with Crippen LogP contribution in [0.25, 0.3) is 0 Å². The van der Waals surface area contributed by atoms with E-state index in [-0.39, 0.29) is 48.1 Å². The summed E-state index contributed by atoms with van der Waals surface area (Å²) in [5.74, 6) is -1.24. The second-order valence-electron chi connectivity index (χ2n) is 16.9. The number of nitrogens with two attached hydrogens (primary N) is 1. The minimum atomic E-state index is -0.946. The van der Waals surface area contributed by atoms with E-state index in [1.807, 2.05) is 40.1 Å². The van der Waals surface area contributed by atoms with Gasteiger partial charge in [-0.2, -0.15) is 5.10 Å². The van der Waals surface area contributed by atoms with E-state index in [1.165, 1.54) is 19.3 Å². The highest BCUT2D eigenvalue weighted by atomic mass is 16.5. The minimum absolute atomic E-state index is 0.0640. The van der Waals surface area contributed by atoms with Crippen molar-refractivity contribution >= 4 is 23.6 Å². The van der Waals surface area contributed by atoms with E-state index >= 15 is 0 Å². The topological polar surface area (TPSA) is 143 Å². The fourth-order valence-electron chi connectivity index (χ4n) is 10.2. The number of ether oxygens (including phenoxy) is 1. The molecule has 12 heteroatoms. The predicted octanol–water partition coefficient (Wildman–Crippen LogP) is 2.52. The third-order valence-corrected chi connectivity index (χ3v) is 13.2. The number of aromatic nitrogens is 2. The molecule has 3 N–H and O–H groups in total. The number of likely N-dealkylation sites (tertiary alicyclic amines) is 2. The Kier molecular flexibility index (Phi) is 8.97. The highest BCUT2D eigenvalue weighted by Gasteiger charge is 2.70. The van der Waals surface area contributed by atoms with E-state index < -0.39 is 28.9 Å². The maximum Gasteiger partial charge on any atom is 0.257 e. The first-order valence-electron chi connectivity index (χ1n) is 19.2. The summed E-state index contributed by atoms with van der Waals surface area (Å²) in [6.45, 7) is 7.57. The number of benzene rings is 1. The lowest BCUT2D eigenvalue weighted by Gasteiger charge is -2.50. The highest BCUT2D eigenvalue weighted by molar-refractivity contribution is 5.96. The van der Waals surface area contributed by atoms with E-state index in [2.05, 4.69) is 24.3 Å². The largest absolute Gasteiger partial charge is 0.375 e. The van der Waals surface area contributed by atoms with Gasteiger partial charge in [0.2, 0.25) is 17.7 Å². The van der Waals surface area contributed by atoms with Gasteiger partial charge in [0.25, 0.3) is 5.91 Å². The molecule has 5 saturated heterocycles. The first-order valence-corrected chi connectivity index (χ1v) is 19.2. The summed E-state index contributed by atoms with van der Waals surface area (Å²) in [6.07, 6.45) is 10.1. The Balaban J connectivity index is 1.08. The lowest BCUT2D eigenvalue weighted by molar-refractivity contribution is -0.151. The summed E-state index contributed by atoms with van der Waals surface area (Å²) in [5.41, 5.74) is 6.70. The Morgan fingerprint density at radius 1 is 1.02 bits per heavy atom. The molecule has 2 aliphatic carbocycles. The third kappa shape index (κ3) is 6.15. The number of fused-ring (bicyclic) bond motifs is 3. The molecule has 2 saturated carbocycles. The fraction of sp³-hybridized carbons (Fsp3) is 0.667. The van der Waals surface area contributed by atoms with Gasteiger partial charge >= 0.3 is 0 Å². The molecule has 4 amide bonds. The van der Waals surface area contributed by atoms with Gasteiger partial charge in [-0.25, -0.2) is 0 Å². The Labute approximate surface area is 300 Å². The van der Waals surface area contributed by atoms with Crippen LogP contribution < -0.4 is 11.1 Å². The van der Waals surface area contributed by atoms with Gasteiger partial charge in [0.05, 0.1) is 30.3 Å². The number of hydrogen-bond donors (Lipinski definition) is 2. The summed E-state index contributed by atoms with van der Waals surface area (Å²) in [6, 6.07) is 8.90. The molecule has 274 valence electrons. The predicted molar refractivity (Wildman–Crippen MR) is 189 cm³/mol. The fourth-order valence-corrected chi connectivity index (χ4v) is 10.2. The average molecular weight is 700 g/mol. The molecule has 0 radical (unpaired) electrons. The van der Waals surface area contributed by atoms with Crippen molar-refractivity contribution in [3.05, 3.63) is 53.9 Å². The summed E-state index contributed by atoms with van der Waals surface area (Å²) >= 11 is 0. The number of carbonyl (C=O) groups excluding carboxylic acids is 4. The number of carbonyl (C=O) groups is 4. The van der Waals surface area contributed by atoms with E-state index in [9.17, 15) is 19.2 Å². The zero-order valence-corrected chi connectivity index (χ0v) is 30.0. The zero-order valence-electron chi connectivity index (χ0n) is 30.0. The van der Waals surface area contributed by atoms with Crippen molar-refractivity contribution in [2.45, 2.75) is 83.5 Å². The Morgan fingerprint density at radius 3 is 2.53 bits per heavy atom. The molecule has 1 aromatic carbocycles. The van der Waals surface area contributed by atoms with Crippen LogP contribution >= 0.6 is 0 Å². The molecule has 12 nitrogen and oxygen atoms in total. The monoisotopic (exact) mass is 699 g/mol. The summed E-state index contributed by atoms with van der Waals surface area (Å²) in [5, 5.41) is 7.71. The van der Waals surface area contributed by atoms with Crippen molar-refractivity contribution in [3.63, 3.8) is 0 Å². The zero-order chi connectivity index (χ0) is 35.5. The smallest absolute Gasteiger partial charge is 0.257 e. The van der Waals surface area contributed by atoms with Crippen molar-refractivity contribution in [2.24, 2.45) is 40.2 Å². The second kappa shape index (κ2) is 13.3. The van der Waals surface area contributed by atoms with Gasteiger partial charge < -0.3 is 30.5 Å². The summed E-state index contributed by atoms with van der Waals surface area (Å²) < 4.78 is 8.57. The van der Waals surface area contributed by atoms with Crippen LogP contribution in [0.4, 0.5) is 0 Å². The number of amides is 4. The lowest BCUT2D eigenvalue weighted by atomic mass is 9.71. The maximum atomic E-state index is 14.7. The molecular weight excluding hydrogens is 646 g/mol. The van der Waals surface area contributed by atoms with Crippen molar-refractivity contribution in [1.82, 2.24) is 29.8 Å². The molecule has 5 aliphatic heterocycles. The van der Waals surface area contributed by atoms with Crippen LogP contribution in [-0.4, -0.2) is 112 Å². The van der Waals surface area contributed by atoms with Crippen molar-refractivity contribution in [3.8, 4) is 0 Å². The standard InChI is InChI=1S/C39H53N7O5/c1-38(2)30-31(38)36(49)44-23-39(24-44)22-43(35(48)27-17-41-45(19-27)18-25-10-5-3-6-11-25)20-29(39)34(47)42-32(37(50)46-15-9-14-28(46)16-40)33(30)51-21-26-12-7-4-8-13-26/h3,5-6,10-11,17,19,26,28-33H,4,7-9,12-16,18,20-24,40H2,1-2H3,(H,42,47)/t28-,29-,30?,31+,32-,33+/m0/s1. The summed E-state index contributed by atoms with van der Waals surface area (Å²) in [4.78, 5) is 63.0. The van der Waals surface area contributed by atoms with Crippen LogP contribution in [0.3, 0.4) is 0 Å². The first kappa shape index (κ1) is 34.3. The van der Waals surface area contributed by atoms with Crippen LogP contribution in [0, 0.1) is 34.5 Å². The Hall–Kier alpha value is -3.77. The molecule has 6 heterocycles. The van der Waals surface area contributed by atoms with Gasteiger partial charge in [0.15, 0.2) is 0 Å². The molecule has 51 heavy (non-hydrogen) atoms. The normalized spacial score (nSPS) is 31.3. The average Bonchev–Trinajstić information content (AvgIpc) is 3.66. The molecule has 6 atom stereocenters. The molecule has 2 aromatic rings. The number of rotatable bonds is 8. The van der Waals surface area contributed by atoms with Crippen LogP contribution in [0.15, 0.2) is 42.7 Å². The van der Waals surface area contributed by atoms with Gasteiger partial charge in [-0.05, 0) is 42.6 Å². The highest BCUT2D eigenvalue weighted by Crippen LogP contribution is 2.63. The lowest BCUT2D eigenvalue weighted by Crippen LogP contribution is -2.65. The molecule has 1 unspecified atom stereocenters. The molecule has 1 spiro atoms. The molecule has 7 fully saturated rings. The number of nitrogens with zero attached hydrogens (tertiary/aromatic N) is 5. The van der Waals surface area contributed by atoms with Gasteiger partial charge in [-0.15, -0.1) is 0 Å². The minimum Gasteiger partial charge on any atom is -0.375 e. The third-order valence-electron chi connectivity index (χ3n) is 13.2. The van der Waals surface area contributed by atoms with Crippen molar-refractivity contribution in [2.75, 3.05) is 45.9 Å². The molecule has 9 rings (SSSR count). The Morgan fingerprint density at radius 2 is 1.78 bits per heavy atom. The van der Waals surface area contributed by atoms with Crippen LogP contribution in [0.1, 0.15) is 74.7 Å². The van der Waals surface area contributed by atoms with E-state index in [4.69, 9.17) is 10.5 Å². The van der Waals surface area contributed by atoms with Crippen molar-refractivity contribution in [1.29, 1.82) is 0 Å². The van der Waals surface area contributed by atoms with E-state index in [0.29, 0.717) is 57.4 Å². The van der Waals surface area contributed by atoms with E-state index in [0.717, 1.165) is 31.2 Å². The van der Waals surface area contributed by atoms with Crippen LogP contribution in [0.5, 0.6) is 0 Å². The van der Waals surface area contributed by atoms with Crippen LogP contribution in [0.2, 0.25) is 0 Å². The Bertz CT molecular complexity index is 1650. The maximum absolute atomic E-state index is 14.7. The molecular formula is C39H53N7O5.